The maximum absolute atomic E-state index is 5.57. The smallest absolute Gasteiger partial charge is 0.191 e. The Kier molecular flexibility index (Phi) is 8.95. The molecule has 2 aromatic rings. The highest BCUT2D eigenvalue weighted by atomic mass is 127. The third-order valence-electron chi connectivity index (χ3n) is 2.83. The van der Waals surface area contributed by atoms with E-state index in [0.717, 1.165) is 24.1 Å². The van der Waals surface area contributed by atoms with E-state index in [4.69, 9.17) is 4.74 Å². The van der Waals surface area contributed by atoms with E-state index in [1.165, 1.54) is 6.33 Å². The van der Waals surface area contributed by atoms with Crippen molar-refractivity contribution in [1.82, 2.24) is 30.4 Å². The van der Waals surface area contributed by atoms with E-state index in [-0.39, 0.29) is 24.0 Å². The molecule has 0 aliphatic heterocycles. The number of nitrogens with zero attached hydrogens (tertiary/aromatic N) is 5. The van der Waals surface area contributed by atoms with Gasteiger partial charge in [-0.05, 0) is 19.1 Å². The van der Waals surface area contributed by atoms with E-state index in [1.54, 1.807) is 17.1 Å². The second kappa shape index (κ2) is 10.8. The second-order valence-corrected chi connectivity index (χ2v) is 4.46. The first-order valence-corrected chi connectivity index (χ1v) is 7.17. The van der Waals surface area contributed by atoms with Gasteiger partial charge in [0.15, 0.2) is 5.96 Å². The normalized spacial score (nSPS) is 10.8. The highest BCUT2D eigenvalue weighted by Crippen LogP contribution is 2.04. The van der Waals surface area contributed by atoms with Crippen molar-refractivity contribution >= 4 is 29.9 Å². The Morgan fingerprint density at radius 3 is 2.91 bits per heavy atom. The summed E-state index contributed by atoms with van der Waals surface area (Å²) in [6, 6.07) is 3.72. The lowest BCUT2D eigenvalue weighted by Crippen LogP contribution is -2.39. The van der Waals surface area contributed by atoms with Crippen molar-refractivity contribution in [2.75, 3.05) is 19.7 Å². The Labute approximate surface area is 152 Å². The molecule has 0 fully saturated rings. The molecule has 0 saturated carbocycles. The van der Waals surface area contributed by atoms with Gasteiger partial charge in [0.2, 0.25) is 0 Å². The summed E-state index contributed by atoms with van der Waals surface area (Å²) in [4.78, 5) is 12.6. The molecule has 23 heavy (non-hydrogen) atoms. The van der Waals surface area contributed by atoms with Gasteiger partial charge in [0.25, 0.3) is 0 Å². The van der Waals surface area contributed by atoms with Gasteiger partial charge >= 0.3 is 0 Å². The first kappa shape index (κ1) is 19.1. The maximum Gasteiger partial charge on any atom is 0.191 e. The topological polar surface area (TPSA) is 89.2 Å². The molecule has 0 spiro atoms. The highest BCUT2D eigenvalue weighted by molar-refractivity contribution is 14.0. The molecule has 0 unspecified atom stereocenters. The minimum absolute atomic E-state index is 0. The molecule has 2 heterocycles. The summed E-state index contributed by atoms with van der Waals surface area (Å²) < 4.78 is 7.28. The highest BCUT2D eigenvalue weighted by Gasteiger charge is 2.01. The molecule has 8 nitrogen and oxygen atoms in total. The lowest BCUT2D eigenvalue weighted by molar-refractivity contribution is 0.320. The van der Waals surface area contributed by atoms with Gasteiger partial charge in [-0.3, -0.25) is 9.67 Å². The van der Waals surface area contributed by atoms with Crippen LogP contribution in [0.25, 0.3) is 0 Å². The summed E-state index contributed by atoms with van der Waals surface area (Å²) in [7, 11) is 1.85. The second-order valence-electron chi connectivity index (χ2n) is 4.46. The third-order valence-corrected chi connectivity index (χ3v) is 2.83. The number of aliphatic imine (C=N–C) groups is 1. The van der Waals surface area contributed by atoms with Gasteiger partial charge in [-0.15, -0.1) is 24.0 Å². The lowest BCUT2D eigenvalue weighted by atomic mass is 10.5. The van der Waals surface area contributed by atoms with Crippen molar-refractivity contribution in [1.29, 1.82) is 0 Å². The lowest BCUT2D eigenvalue weighted by Gasteiger charge is -2.11. The number of hydrogen-bond acceptors (Lipinski definition) is 5. The summed E-state index contributed by atoms with van der Waals surface area (Å²) in [5.41, 5.74) is 0. The Hall–Kier alpha value is -1.91. The summed E-state index contributed by atoms with van der Waals surface area (Å²) in [5, 5.41) is 10.4. The van der Waals surface area contributed by atoms with E-state index in [9.17, 15) is 0 Å². The molecule has 0 bridgehead atoms. The van der Waals surface area contributed by atoms with Crippen LogP contribution in [-0.2, 0) is 13.6 Å². The van der Waals surface area contributed by atoms with Crippen LogP contribution in [0.1, 0.15) is 12.7 Å². The number of aromatic nitrogens is 4. The van der Waals surface area contributed by atoms with E-state index >= 15 is 0 Å². The van der Waals surface area contributed by atoms with Crippen molar-refractivity contribution in [3.63, 3.8) is 0 Å². The molecule has 2 N–H and O–H groups in total. The number of ether oxygens (including phenoxy) is 1. The van der Waals surface area contributed by atoms with Crippen molar-refractivity contribution in [2.45, 2.75) is 13.5 Å². The molecule has 0 aromatic carbocycles. The number of aryl methyl sites for hydroxylation is 1. The number of pyridine rings is 1. The molecule has 0 aliphatic rings. The fourth-order valence-electron chi connectivity index (χ4n) is 1.73. The summed E-state index contributed by atoms with van der Waals surface area (Å²) in [5.74, 6) is 2.29. The molecular weight excluding hydrogens is 409 g/mol. The van der Waals surface area contributed by atoms with Crippen molar-refractivity contribution in [2.24, 2.45) is 12.0 Å². The zero-order valence-electron chi connectivity index (χ0n) is 13.3. The third kappa shape index (κ3) is 6.80. The maximum atomic E-state index is 5.57. The number of rotatable bonds is 7. The monoisotopic (exact) mass is 431 g/mol. The molecule has 0 aliphatic carbocycles. The number of halogens is 1. The number of hydrogen-bond donors (Lipinski definition) is 2. The summed E-state index contributed by atoms with van der Waals surface area (Å²) in [6.45, 7) is 4.44. The molecule has 2 rings (SSSR count). The van der Waals surface area contributed by atoms with Crippen LogP contribution >= 0.6 is 24.0 Å². The Balaban J connectivity index is 0.00000264. The van der Waals surface area contributed by atoms with E-state index in [1.807, 2.05) is 26.1 Å². The van der Waals surface area contributed by atoms with E-state index in [2.05, 4.69) is 30.7 Å². The van der Waals surface area contributed by atoms with Crippen LogP contribution in [0, 0.1) is 0 Å². The molecule has 0 atom stereocenters. The Morgan fingerprint density at radius 1 is 1.39 bits per heavy atom. The van der Waals surface area contributed by atoms with Gasteiger partial charge in [-0.25, -0.2) is 9.98 Å². The molecule has 0 amide bonds. The van der Waals surface area contributed by atoms with Gasteiger partial charge in [0.05, 0.1) is 12.7 Å². The fourth-order valence-corrected chi connectivity index (χ4v) is 1.73. The first-order chi connectivity index (χ1) is 10.8. The average molecular weight is 431 g/mol. The van der Waals surface area contributed by atoms with E-state index in [0.29, 0.717) is 19.7 Å². The quantitative estimate of drug-likeness (QED) is 0.294. The van der Waals surface area contributed by atoms with Crippen LogP contribution in [0.3, 0.4) is 0 Å². The first-order valence-electron chi connectivity index (χ1n) is 7.17. The molecule has 2 aromatic heterocycles. The molecule has 126 valence electrons. The Bertz CT molecular complexity index is 588. The van der Waals surface area contributed by atoms with Crippen molar-refractivity contribution in [3.05, 3.63) is 36.7 Å². The van der Waals surface area contributed by atoms with Gasteiger partial charge in [-0.2, -0.15) is 5.10 Å². The van der Waals surface area contributed by atoms with Gasteiger partial charge in [0, 0.05) is 19.8 Å². The van der Waals surface area contributed by atoms with Crippen LogP contribution in [0.15, 0.2) is 35.8 Å². The molecular formula is C14H22IN7O. The van der Waals surface area contributed by atoms with Crippen LogP contribution in [0.2, 0.25) is 0 Å². The predicted molar refractivity (Wildman–Crippen MR) is 99.0 cm³/mol. The molecule has 0 radical (unpaired) electrons. The number of guanidine groups is 1. The van der Waals surface area contributed by atoms with Crippen LogP contribution < -0.4 is 15.4 Å². The standard InChI is InChI=1S/C14H21N7O.HI/c1-3-16-14(18-10-13-19-11-20-21(13)2)17-7-8-22-12-5-4-6-15-9-12;/h4-6,9,11H,3,7-8,10H2,1-2H3,(H2,16,17,18);1H. The minimum Gasteiger partial charge on any atom is -0.490 e. The van der Waals surface area contributed by atoms with Gasteiger partial charge in [-0.1, -0.05) is 0 Å². The van der Waals surface area contributed by atoms with Crippen LogP contribution in [-0.4, -0.2) is 45.4 Å². The number of nitrogens with one attached hydrogen (secondary N) is 2. The fraction of sp³-hybridized carbons (Fsp3) is 0.429. The van der Waals surface area contributed by atoms with E-state index < -0.39 is 0 Å². The predicted octanol–water partition coefficient (Wildman–Crippen LogP) is 0.962. The summed E-state index contributed by atoms with van der Waals surface area (Å²) in [6.07, 6.45) is 4.92. The summed E-state index contributed by atoms with van der Waals surface area (Å²) >= 11 is 0. The van der Waals surface area contributed by atoms with Gasteiger partial charge < -0.3 is 15.4 Å². The zero-order valence-corrected chi connectivity index (χ0v) is 15.6. The van der Waals surface area contributed by atoms with Crippen molar-refractivity contribution in [3.8, 4) is 5.75 Å². The minimum atomic E-state index is 0. The SMILES string of the molecule is CCNC(=NCc1ncnn1C)NCCOc1cccnc1.I. The largest absolute Gasteiger partial charge is 0.490 e. The zero-order chi connectivity index (χ0) is 15.6. The molecule has 0 saturated heterocycles. The molecule has 9 heteroatoms. The Morgan fingerprint density at radius 2 is 2.26 bits per heavy atom. The van der Waals surface area contributed by atoms with Crippen molar-refractivity contribution < 1.29 is 4.74 Å². The van der Waals surface area contributed by atoms with Crippen LogP contribution in [0.5, 0.6) is 5.75 Å². The average Bonchev–Trinajstić information content (AvgIpc) is 2.95. The van der Waals surface area contributed by atoms with Gasteiger partial charge in [0.1, 0.15) is 31.1 Å². The van der Waals surface area contributed by atoms with Crippen LogP contribution in [0.4, 0.5) is 0 Å².